The Balaban J connectivity index is 1.42. The summed E-state index contributed by atoms with van der Waals surface area (Å²) in [6.45, 7) is 0.907. The molecule has 4 rings (SSSR count). The van der Waals surface area contributed by atoms with Gasteiger partial charge in [0.05, 0.1) is 11.4 Å². The maximum Gasteiger partial charge on any atom is 0.233 e. The molecule has 1 aliphatic heterocycles. The van der Waals surface area contributed by atoms with E-state index >= 15 is 0 Å². The molecule has 1 saturated carbocycles. The van der Waals surface area contributed by atoms with Gasteiger partial charge in [-0.1, -0.05) is 42.8 Å². The van der Waals surface area contributed by atoms with Crippen molar-refractivity contribution < 1.29 is 4.79 Å². The number of carbonyl (C=O) groups excluding carboxylic acids is 1. The number of hydrogen-bond donors (Lipinski definition) is 0. The van der Waals surface area contributed by atoms with E-state index in [0.717, 1.165) is 18.7 Å². The number of benzene rings is 1. The van der Waals surface area contributed by atoms with Crippen LogP contribution in [0.5, 0.6) is 0 Å². The van der Waals surface area contributed by atoms with E-state index < -0.39 is 0 Å². The van der Waals surface area contributed by atoms with E-state index in [9.17, 15) is 4.79 Å². The minimum absolute atomic E-state index is 0.226. The number of hydrogen-bond acceptors (Lipinski definition) is 5. The first-order valence-electron chi connectivity index (χ1n) is 9.09. The van der Waals surface area contributed by atoms with E-state index in [1.165, 1.54) is 43.9 Å². The highest BCUT2D eigenvalue weighted by Gasteiger charge is 2.35. The minimum atomic E-state index is 0.226. The quantitative estimate of drug-likeness (QED) is 0.787. The summed E-state index contributed by atoms with van der Waals surface area (Å²) in [4.78, 5) is 15.0. The van der Waals surface area contributed by atoms with Gasteiger partial charge in [0.25, 0.3) is 0 Å². The van der Waals surface area contributed by atoms with Crippen molar-refractivity contribution >= 4 is 17.7 Å². The first kappa shape index (κ1) is 16.6. The molecule has 1 aromatic carbocycles. The molecule has 2 atom stereocenters. The summed E-state index contributed by atoms with van der Waals surface area (Å²) in [6, 6.07) is 10.2. The number of nitrogens with zero attached hydrogens (tertiary/aromatic N) is 5. The largest absolute Gasteiger partial charge is 0.339 e. The Morgan fingerprint density at radius 2 is 1.92 bits per heavy atom. The van der Waals surface area contributed by atoms with Crippen molar-refractivity contribution in [2.45, 2.75) is 49.7 Å². The molecule has 2 fully saturated rings. The molecule has 1 aromatic heterocycles. The molecule has 0 radical (unpaired) electrons. The van der Waals surface area contributed by atoms with Gasteiger partial charge < -0.3 is 4.90 Å². The minimum Gasteiger partial charge on any atom is -0.339 e. The van der Waals surface area contributed by atoms with Gasteiger partial charge in [-0.2, -0.15) is 4.68 Å². The maximum atomic E-state index is 12.8. The van der Waals surface area contributed by atoms with E-state index in [2.05, 4.69) is 20.4 Å². The molecule has 0 N–H and O–H groups in total. The van der Waals surface area contributed by atoms with E-state index in [4.69, 9.17) is 0 Å². The van der Waals surface area contributed by atoms with Crippen molar-refractivity contribution in [3.63, 3.8) is 0 Å². The number of para-hydroxylation sites is 1. The lowest BCUT2D eigenvalue weighted by molar-refractivity contribution is -0.134. The fourth-order valence-corrected chi connectivity index (χ4v) is 4.92. The third-order valence-corrected chi connectivity index (χ3v) is 6.23. The van der Waals surface area contributed by atoms with Crippen LogP contribution in [0.4, 0.5) is 0 Å². The normalized spacial score (nSPS) is 23.3. The number of tetrazole rings is 1. The van der Waals surface area contributed by atoms with Gasteiger partial charge >= 0.3 is 0 Å². The number of thioether (sulfide) groups is 1. The highest BCUT2D eigenvalue weighted by molar-refractivity contribution is 7.99. The van der Waals surface area contributed by atoms with Gasteiger partial charge in [-0.3, -0.25) is 4.79 Å². The van der Waals surface area contributed by atoms with Crippen molar-refractivity contribution in [2.75, 3.05) is 12.3 Å². The van der Waals surface area contributed by atoms with Crippen LogP contribution in [0, 0.1) is 5.92 Å². The number of amides is 1. The zero-order valence-corrected chi connectivity index (χ0v) is 15.1. The average Bonchev–Trinajstić information content (AvgIpc) is 3.15. The zero-order chi connectivity index (χ0) is 17.1. The number of fused-ring (bicyclic) bond motifs is 1. The molecule has 1 aliphatic carbocycles. The molecule has 2 heterocycles. The van der Waals surface area contributed by atoms with Gasteiger partial charge in [-0.05, 0) is 54.2 Å². The summed E-state index contributed by atoms with van der Waals surface area (Å²) in [5.74, 6) is 1.34. The summed E-state index contributed by atoms with van der Waals surface area (Å²) in [7, 11) is 0. The number of rotatable bonds is 4. The number of piperidine rings is 1. The number of aromatic nitrogens is 4. The van der Waals surface area contributed by atoms with Crippen LogP contribution in [0.25, 0.3) is 5.69 Å². The molecule has 0 unspecified atom stereocenters. The molecule has 6 nitrogen and oxygen atoms in total. The van der Waals surface area contributed by atoms with E-state index in [1.54, 1.807) is 4.68 Å². The first-order chi connectivity index (χ1) is 12.3. The molecule has 25 heavy (non-hydrogen) atoms. The first-order valence-corrected chi connectivity index (χ1v) is 10.1. The highest BCUT2D eigenvalue weighted by atomic mass is 32.2. The summed E-state index contributed by atoms with van der Waals surface area (Å²) in [5, 5.41) is 12.6. The van der Waals surface area contributed by atoms with Gasteiger partial charge in [0.2, 0.25) is 11.1 Å². The second kappa shape index (κ2) is 7.56. The van der Waals surface area contributed by atoms with Crippen molar-refractivity contribution in [1.82, 2.24) is 25.1 Å². The maximum absolute atomic E-state index is 12.8. The predicted octanol–water partition coefficient (Wildman–Crippen LogP) is 2.94. The molecular formula is C18H23N5OS. The topological polar surface area (TPSA) is 63.9 Å². The second-order valence-electron chi connectivity index (χ2n) is 6.84. The Labute approximate surface area is 152 Å². The summed E-state index contributed by atoms with van der Waals surface area (Å²) < 4.78 is 1.69. The van der Waals surface area contributed by atoms with E-state index in [1.807, 2.05) is 30.3 Å². The fourth-order valence-electron chi connectivity index (χ4n) is 4.14. The van der Waals surface area contributed by atoms with Crippen LogP contribution >= 0.6 is 11.8 Å². The van der Waals surface area contributed by atoms with Crippen LogP contribution in [0.3, 0.4) is 0 Å². The lowest BCUT2D eigenvalue weighted by atomic mass is 9.78. The van der Waals surface area contributed by atoms with Crippen molar-refractivity contribution in [2.24, 2.45) is 5.92 Å². The number of likely N-dealkylation sites (tertiary alicyclic amines) is 1. The molecule has 0 bridgehead atoms. The lowest BCUT2D eigenvalue weighted by Crippen LogP contribution is -2.50. The third-order valence-electron chi connectivity index (χ3n) is 5.33. The molecule has 1 amide bonds. The molecule has 1 saturated heterocycles. The van der Waals surface area contributed by atoms with E-state index in [0.29, 0.717) is 22.9 Å². The molecular weight excluding hydrogens is 334 g/mol. The van der Waals surface area contributed by atoms with Crippen molar-refractivity contribution in [3.8, 4) is 5.69 Å². The van der Waals surface area contributed by atoms with Gasteiger partial charge in [0, 0.05) is 12.6 Å². The second-order valence-corrected chi connectivity index (χ2v) is 7.78. The van der Waals surface area contributed by atoms with Crippen LogP contribution < -0.4 is 0 Å². The molecule has 0 spiro atoms. The fraction of sp³-hybridized carbons (Fsp3) is 0.556. The third kappa shape index (κ3) is 3.56. The van der Waals surface area contributed by atoms with Crippen molar-refractivity contribution in [1.29, 1.82) is 0 Å². The predicted molar refractivity (Wildman–Crippen MR) is 96.6 cm³/mol. The summed E-state index contributed by atoms with van der Waals surface area (Å²) in [6.07, 6.45) is 7.46. The molecule has 2 aliphatic rings. The van der Waals surface area contributed by atoms with Crippen LogP contribution in [-0.2, 0) is 4.79 Å². The lowest BCUT2D eigenvalue weighted by Gasteiger charge is -2.44. The summed E-state index contributed by atoms with van der Waals surface area (Å²) in [5.41, 5.74) is 0.910. The van der Waals surface area contributed by atoms with Gasteiger partial charge in [-0.15, -0.1) is 5.10 Å². The van der Waals surface area contributed by atoms with Crippen molar-refractivity contribution in [3.05, 3.63) is 30.3 Å². The van der Waals surface area contributed by atoms with Gasteiger partial charge in [0.15, 0.2) is 0 Å². The zero-order valence-electron chi connectivity index (χ0n) is 14.3. The molecule has 2 aromatic rings. The molecule has 132 valence electrons. The monoisotopic (exact) mass is 357 g/mol. The number of carbonyl (C=O) groups is 1. The SMILES string of the molecule is O=C(CSc1nnnn1-c1ccccc1)N1CCC[C@@H]2CCCC[C@@H]21. The Kier molecular flexibility index (Phi) is 5.01. The average molecular weight is 357 g/mol. The van der Waals surface area contributed by atoms with E-state index in [-0.39, 0.29) is 5.91 Å². The van der Waals surface area contributed by atoms with Crippen LogP contribution in [0.15, 0.2) is 35.5 Å². The molecule has 7 heteroatoms. The van der Waals surface area contributed by atoms with Crippen LogP contribution in [0.2, 0.25) is 0 Å². The standard InChI is InChI=1S/C18H23N5OS/c24-17(22-12-6-8-14-7-4-5-11-16(14)22)13-25-18-19-20-21-23(18)15-9-2-1-3-10-15/h1-3,9-10,14,16H,4-8,11-13H2/t14-,16-/m0/s1. The summed E-state index contributed by atoms with van der Waals surface area (Å²) >= 11 is 1.43. The van der Waals surface area contributed by atoms with Gasteiger partial charge in [0.1, 0.15) is 0 Å². The Morgan fingerprint density at radius 1 is 1.12 bits per heavy atom. The Bertz CT molecular complexity index is 717. The smallest absolute Gasteiger partial charge is 0.233 e. The van der Waals surface area contributed by atoms with Crippen LogP contribution in [-0.4, -0.2) is 49.4 Å². The highest BCUT2D eigenvalue weighted by Crippen LogP contribution is 2.35. The van der Waals surface area contributed by atoms with Gasteiger partial charge in [-0.25, -0.2) is 0 Å². The Hall–Kier alpha value is -1.89. The van der Waals surface area contributed by atoms with Crippen LogP contribution in [0.1, 0.15) is 38.5 Å². The Morgan fingerprint density at radius 3 is 2.80 bits per heavy atom.